The van der Waals surface area contributed by atoms with Crippen LogP contribution in [-0.2, 0) is 10.5 Å². The number of nitrogens with one attached hydrogen (secondary N) is 1. The molecule has 27 heavy (non-hydrogen) atoms. The van der Waals surface area contributed by atoms with Gasteiger partial charge in [0.05, 0.1) is 11.8 Å². The molecule has 0 bridgehead atoms. The number of hydrogen-bond donors (Lipinski definition) is 1. The smallest absolute Gasteiger partial charge is 0.230 e. The predicted molar refractivity (Wildman–Crippen MR) is 115 cm³/mol. The Bertz CT molecular complexity index is 898. The molecule has 3 aromatic rings. The molecule has 2 nitrogen and oxygen atoms in total. The van der Waals surface area contributed by atoms with Crippen molar-refractivity contribution in [2.75, 3.05) is 5.75 Å². The number of amides is 1. The number of hydrogen-bond acceptors (Lipinski definition) is 2. The van der Waals surface area contributed by atoms with Crippen LogP contribution >= 0.6 is 23.4 Å². The Balaban J connectivity index is 1.68. The topological polar surface area (TPSA) is 29.1 Å². The summed E-state index contributed by atoms with van der Waals surface area (Å²) in [6, 6.07) is 25.9. The van der Waals surface area contributed by atoms with Crippen molar-refractivity contribution in [2.24, 2.45) is 0 Å². The lowest BCUT2D eigenvalue weighted by molar-refractivity contribution is -0.119. The van der Waals surface area contributed by atoms with Gasteiger partial charge in [0.15, 0.2) is 0 Å². The third kappa shape index (κ3) is 5.38. The largest absolute Gasteiger partial charge is 0.344 e. The molecule has 4 heteroatoms. The molecule has 3 rings (SSSR count). The summed E-state index contributed by atoms with van der Waals surface area (Å²) in [6.07, 6.45) is 0. The number of thioether (sulfide) groups is 1. The van der Waals surface area contributed by atoms with Crippen LogP contribution < -0.4 is 5.32 Å². The maximum Gasteiger partial charge on any atom is 0.230 e. The van der Waals surface area contributed by atoms with Gasteiger partial charge in [0, 0.05) is 10.8 Å². The maximum absolute atomic E-state index is 12.6. The van der Waals surface area contributed by atoms with Gasteiger partial charge in [-0.15, -0.1) is 11.8 Å². The van der Waals surface area contributed by atoms with Gasteiger partial charge in [-0.05, 0) is 35.2 Å². The molecule has 0 aliphatic rings. The fourth-order valence-corrected chi connectivity index (χ4v) is 4.09. The van der Waals surface area contributed by atoms with Crippen LogP contribution in [-0.4, -0.2) is 11.7 Å². The van der Waals surface area contributed by atoms with E-state index in [2.05, 4.69) is 24.4 Å². The van der Waals surface area contributed by atoms with Gasteiger partial charge in [0.2, 0.25) is 5.91 Å². The second-order valence-corrected chi connectivity index (χ2v) is 7.74. The van der Waals surface area contributed by atoms with Crippen molar-refractivity contribution >= 4 is 29.3 Å². The summed E-state index contributed by atoms with van der Waals surface area (Å²) in [7, 11) is 0. The number of carbonyl (C=O) groups excluding carboxylic acids is 1. The lowest BCUT2D eigenvalue weighted by atomic mass is 9.95. The van der Waals surface area contributed by atoms with Crippen molar-refractivity contribution in [1.29, 1.82) is 0 Å². The molecule has 1 atom stereocenters. The van der Waals surface area contributed by atoms with Crippen LogP contribution in [0.15, 0.2) is 78.9 Å². The van der Waals surface area contributed by atoms with Gasteiger partial charge in [0.25, 0.3) is 0 Å². The van der Waals surface area contributed by atoms with Crippen LogP contribution in [0.25, 0.3) is 0 Å². The number of carbonyl (C=O) groups is 1. The Morgan fingerprint density at radius 2 is 1.63 bits per heavy atom. The zero-order valence-electron chi connectivity index (χ0n) is 15.2. The number of benzene rings is 3. The molecule has 0 radical (unpaired) electrons. The molecule has 0 aliphatic heterocycles. The monoisotopic (exact) mass is 395 g/mol. The first-order valence-corrected chi connectivity index (χ1v) is 10.4. The van der Waals surface area contributed by atoms with E-state index in [0.29, 0.717) is 11.5 Å². The second-order valence-electron chi connectivity index (χ2n) is 6.35. The van der Waals surface area contributed by atoms with Crippen molar-refractivity contribution in [1.82, 2.24) is 5.32 Å². The van der Waals surface area contributed by atoms with E-state index < -0.39 is 0 Å². The van der Waals surface area contributed by atoms with Crippen molar-refractivity contribution in [3.8, 4) is 0 Å². The van der Waals surface area contributed by atoms with E-state index in [1.54, 1.807) is 11.8 Å². The zero-order valence-corrected chi connectivity index (χ0v) is 16.8. The first-order chi connectivity index (χ1) is 13.1. The third-order valence-corrected chi connectivity index (χ3v) is 5.74. The molecule has 0 fully saturated rings. The first-order valence-electron chi connectivity index (χ1n) is 8.86. The molecule has 1 amide bonds. The van der Waals surface area contributed by atoms with Gasteiger partial charge in [-0.2, -0.15) is 0 Å². The predicted octanol–water partition coefficient (Wildman–Crippen LogP) is 5.79. The Hall–Kier alpha value is -2.23. The summed E-state index contributed by atoms with van der Waals surface area (Å²) in [5.41, 5.74) is 4.41. The minimum absolute atomic E-state index is 0.0177. The Kier molecular flexibility index (Phi) is 6.97. The Labute approximate surface area is 170 Å². The van der Waals surface area contributed by atoms with Crippen molar-refractivity contribution in [3.05, 3.63) is 106 Å². The summed E-state index contributed by atoms with van der Waals surface area (Å²) < 4.78 is 0. The molecule has 0 saturated heterocycles. The standard InChI is InChI=1S/C23H22ClNOS/c1-17-9-5-7-13-20(17)23(18-10-3-2-4-11-18)25-22(26)16-27-15-19-12-6-8-14-21(19)24/h2-14,23H,15-16H2,1H3,(H,25,26)/t23-/m0/s1. The quantitative estimate of drug-likeness (QED) is 0.548. The molecule has 0 saturated carbocycles. The van der Waals surface area contributed by atoms with Gasteiger partial charge >= 0.3 is 0 Å². The highest BCUT2D eigenvalue weighted by Gasteiger charge is 2.18. The summed E-state index contributed by atoms with van der Waals surface area (Å²) in [4.78, 5) is 12.6. The molecular weight excluding hydrogens is 374 g/mol. The number of halogens is 1. The van der Waals surface area contributed by atoms with Gasteiger partial charge in [-0.25, -0.2) is 0 Å². The summed E-state index contributed by atoms with van der Waals surface area (Å²) in [5, 5.41) is 3.94. The van der Waals surface area contributed by atoms with Gasteiger partial charge in [-0.1, -0.05) is 84.4 Å². The molecule has 1 N–H and O–H groups in total. The van der Waals surface area contributed by atoms with Crippen LogP contribution in [0.3, 0.4) is 0 Å². The fraction of sp³-hybridized carbons (Fsp3) is 0.174. The normalized spacial score (nSPS) is 11.8. The van der Waals surface area contributed by atoms with E-state index in [1.807, 2.05) is 66.7 Å². The minimum atomic E-state index is -0.152. The molecule has 0 aliphatic carbocycles. The second kappa shape index (κ2) is 9.63. The molecular formula is C23H22ClNOS. The molecule has 3 aromatic carbocycles. The first kappa shape index (κ1) is 19.5. The summed E-state index contributed by atoms with van der Waals surface area (Å²) in [5.74, 6) is 1.12. The van der Waals surface area contributed by atoms with E-state index in [0.717, 1.165) is 27.3 Å². The van der Waals surface area contributed by atoms with E-state index >= 15 is 0 Å². The van der Waals surface area contributed by atoms with Crippen LogP contribution in [0.5, 0.6) is 0 Å². The van der Waals surface area contributed by atoms with E-state index in [9.17, 15) is 4.79 Å². The lowest BCUT2D eigenvalue weighted by Crippen LogP contribution is -2.31. The molecule has 0 unspecified atom stereocenters. The van der Waals surface area contributed by atoms with Crippen LogP contribution in [0.2, 0.25) is 5.02 Å². The lowest BCUT2D eigenvalue weighted by Gasteiger charge is -2.21. The van der Waals surface area contributed by atoms with Gasteiger partial charge in [0.1, 0.15) is 0 Å². The van der Waals surface area contributed by atoms with Crippen molar-refractivity contribution < 1.29 is 4.79 Å². The molecule has 0 spiro atoms. The third-order valence-electron chi connectivity index (χ3n) is 4.39. The molecule has 0 heterocycles. The summed E-state index contributed by atoms with van der Waals surface area (Å²) in [6.45, 7) is 2.07. The van der Waals surface area contributed by atoms with Crippen LogP contribution in [0.4, 0.5) is 0 Å². The minimum Gasteiger partial charge on any atom is -0.344 e. The highest BCUT2D eigenvalue weighted by Crippen LogP contribution is 2.25. The number of rotatable bonds is 7. The van der Waals surface area contributed by atoms with Crippen molar-refractivity contribution in [2.45, 2.75) is 18.7 Å². The maximum atomic E-state index is 12.6. The average Bonchev–Trinajstić information content (AvgIpc) is 2.69. The van der Waals surface area contributed by atoms with Gasteiger partial charge in [-0.3, -0.25) is 4.79 Å². The highest BCUT2D eigenvalue weighted by molar-refractivity contribution is 7.99. The van der Waals surface area contributed by atoms with Crippen LogP contribution in [0.1, 0.15) is 28.3 Å². The number of aryl methyl sites for hydroxylation is 1. The summed E-state index contributed by atoms with van der Waals surface area (Å²) >= 11 is 7.76. The van der Waals surface area contributed by atoms with Crippen molar-refractivity contribution in [3.63, 3.8) is 0 Å². The zero-order chi connectivity index (χ0) is 19.1. The Morgan fingerprint density at radius 3 is 2.37 bits per heavy atom. The highest BCUT2D eigenvalue weighted by atomic mass is 35.5. The van der Waals surface area contributed by atoms with Crippen LogP contribution in [0, 0.1) is 6.92 Å². The van der Waals surface area contributed by atoms with E-state index in [-0.39, 0.29) is 11.9 Å². The molecule has 0 aromatic heterocycles. The Morgan fingerprint density at radius 1 is 0.963 bits per heavy atom. The molecule has 138 valence electrons. The average molecular weight is 396 g/mol. The van der Waals surface area contributed by atoms with E-state index in [1.165, 1.54) is 0 Å². The van der Waals surface area contributed by atoms with Gasteiger partial charge < -0.3 is 5.32 Å². The SMILES string of the molecule is Cc1ccccc1[C@@H](NC(=O)CSCc1ccccc1Cl)c1ccccc1. The van der Waals surface area contributed by atoms with E-state index in [4.69, 9.17) is 11.6 Å². The fourth-order valence-electron chi connectivity index (χ4n) is 2.97.